The van der Waals surface area contributed by atoms with E-state index < -0.39 is 33.3 Å². The van der Waals surface area contributed by atoms with Gasteiger partial charge in [-0.15, -0.1) is 10.2 Å². The Hall–Kier alpha value is -3.56. The van der Waals surface area contributed by atoms with Crippen LogP contribution in [-0.2, 0) is 14.8 Å². The van der Waals surface area contributed by atoms with Gasteiger partial charge in [-0.3, -0.25) is 9.29 Å². The van der Waals surface area contributed by atoms with Gasteiger partial charge >= 0.3 is 0 Å². The van der Waals surface area contributed by atoms with E-state index >= 15 is 0 Å². The van der Waals surface area contributed by atoms with Crippen LogP contribution in [0.4, 0.5) is 16.3 Å². The molecule has 5 rings (SSSR count). The largest absolute Gasteiger partial charge is 0.494 e. The lowest BCUT2D eigenvalue weighted by atomic mass is 10.1. The molecule has 1 aromatic carbocycles. The van der Waals surface area contributed by atoms with Crippen LogP contribution in [0, 0.1) is 5.82 Å². The summed E-state index contributed by atoms with van der Waals surface area (Å²) in [7, 11) is -1.14. The molecule has 2 aliphatic rings. The van der Waals surface area contributed by atoms with Gasteiger partial charge in [0.05, 0.1) is 32.7 Å². The predicted molar refractivity (Wildman–Crippen MR) is 134 cm³/mol. The molecule has 0 bridgehead atoms. The van der Waals surface area contributed by atoms with Gasteiger partial charge in [-0.1, -0.05) is 6.07 Å². The number of halogens is 1. The SMILES string of the molecule is COc1cccc(OC)c1-n1c(NS(=O)(=O)[C@H]2C[C@@H](O)CN(c3ncc(F)cn3)C2)nnc1[C@@H]1CCCO1. The third-order valence-electron chi connectivity index (χ3n) is 6.48. The Morgan fingerprint density at radius 2 is 1.84 bits per heavy atom. The molecular formula is C23H28FN7O6S. The maximum atomic E-state index is 13.6. The number of nitrogens with zero attached hydrogens (tertiary/aromatic N) is 6. The fourth-order valence-electron chi connectivity index (χ4n) is 4.72. The molecule has 2 saturated heterocycles. The molecule has 0 unspecified atom stereocenters. The summed E-state index contributed by atoms with van der Waals surface area (Å²) in [5, 5.41) is 17.8. The van der Waals surface area contributed by atoms with E-state index in [0.29, 0.717) is 36.0 Å². The van der Waals surface area contributed by atoms with E-state index in [1.807, 2.05) is 0 Å². The Kier molecular flexibility index (Phi) is 7.32. The molecule has 0 amide bonds. The number of sulfonamides is 1. The minimum absolute atomic E-state index is 0.0251. The number of aliphatic hydroxyl groups is 1. The van der Waals surface area contributed by atoms with Gasteiger partial charge in [-0.05, 0) is 31.4 Å². The fraction of sp³-hybridized carbons (Fsp3) is 0.478. The van der Waals surface area contributed by atoms with Crippen molar-refractivity contribution in [1.82, 2.24) is 24.7 Å². The number of hydrogen-bond acceptors (Lipinski definition) is 11. The molecule has 204 valence electrons. The van der Waals surface area contributed by atoms with Gasteiger partial charge in [0.1, 0.15) is 28.5 Å². The van der Waals surface area contributed by atoms with E-state index in [2.05, 4.69) is 24.9 Å². The number of benzene rings is 1. The zero-order chi connectivity index (χ0) is 26.9. The lowest BCUT2D eigenvalue weighted by molar-refractivity contribution is 0.103. The van der Waals surface area contributed by atoms with Gasteiger partial charge in [-0.2, -0.15) is 0 Å². The molecular weight excluding hydrogens is 521 g/mol. The van der Waals surface area contributed by atoms with Crippen LogP contribution in [0.1, 0.15) is 31.2 Å². The summed E-state index contributed by atoms with van der Waals surface area (Å²) < 4.78 is 61.6. The van der Waals surface area contributed by atoms with Crippen LogP contribution < -0.4 is 19.1 Å². The van der Waals surface area contributed by atoms with Crippen LogP contribution in [0.25, 0.3) is 5.69 Å². The van der Waals surface area contributed by atoms with Crippen molar-refractivity contribution in [3.63, 3.8) is 0 Å². The Labute approximate surface area is 218 Å². The second-order valence-corrected chi connectivity index (χ2v) is 11.0. The minimum atomic E-state index is -4.13. The van der Waals surface area contributed by atoms with Crippen LogP contribution in [0.5, 0.6) is 11.5 Å². The van der Waals surface area contributed by atoms with Gasteiger partial charge in [0.2, 0.25) is 21.9 Å². The Morgan fingerprint density at radius 1 is 1.13 bits per heavy atom. The van der Waals surface area contributed by atoms with E-state index in [0.717, 1.165) is 18.8 Å². The van der Waals surface area contributed by atoms with Crippen molar-refractivity contribution < 1.29 is 32.1 Å². The van der Waals surface area contributed by atoms with Crippen molar-refractivity contribution in [3.8, 4) is 17.2 Å². The molecule has 2 aromatic heterocycles. The summed E-state index contributed by atoms with van der Waals surface area (Å²) in [5.74, 6) is 0.641. The number of para-hydroxylation sites is 1. The number of nitrogens with one attached hydrogen (secondary N) is 1. The zero-order valence-electron chi connectivity index (χ0n) is 20.8. The molecule has 3 atom stereocenters. The highest BCUT2D eigenvalue weighted by molar-refractivity contribution is 7.93. The molecule has 13 nitrogen and oxygen atoms in total. The van der Waals surface area contributed by atoms with E-state index in [-0.39, 0.29) is 31.4 Å². The number of rotatable bonds is 8. The van der Waals surface area contributed by atoms with Crippen molar-refractivity contribution in [2.24, 2.45) is 0 Å². The smallest absolute Gasteiger partial charge is 0.243 e. The highest BCUT2D eigenvalue weighted by atomic mass is 32.2. The summed E-state index contributed by atoms with van der Waals surface area (Å²) in [6, 6.07) is 5.18. The first-order valence-corrected chi connectivity index (χ1v) is 13.6. The molecule has 2 N–H and O–H groups in total. The van der Waals surface area contributed by atoms with Gasteiger partial charge in [0.15, 0.2) is 11.6 Å². The average Bonchev–Trinajstić information content (AvgIpc) is 3.58. The third kappa shape index (κ3) is 5.08. The minimum Gasteiger partial charge on any atom is -0.494 e. The molecule has 3 aromatic rings. The van der Waals surface area contributed by atoms with Crippen LogP contribution in [0.2, 0.25) is 0 Å². The second-order valence-electron chi connectivity index (χ2n) is 8.99. The lowest BCUT2D eigenvalue weighted by Gasteiger charge is -2.35. The number of aromatic nitrogens is 5. The molecule has 0 radical (unpaired) electrons. The second kappa shape index (κ2) is 10.7. The summed E-state index contributed by atoms with van der Waals surface area (Å²) in [5.41, 5.74) is 0.413. The average molecular weight is 550 g/mol. The quantitative estimate of drug-likeness (QED) is 0.420. The van der Waals surface area contributed by atoms with Crippen molar-refractivity contribution in [2.75, 3.05) is 43.5 Å². The number of aliphatic hydroxyl groups excluding tert-OH is 1. The van der Waals surface area contributed by atoms with Gasteiger partial charge in [-0.25, -0.2) is 22.8 Å². The van der Waals surface area contributed by atoms with Gasteiger partial charge < -0.3 is 24.2 Å². The molecule has 38 heavy (non-hydrogen) atoms. The van der Waals surface area contributed by atoms with Gasteiger partial charge in [0.25, 0.3) is 0 Å². The van der Waals surface area contributed by atoms with Crippen LogP contribution in [-0.4, -0.2) is 83.5 Å². The van der Waals surface area contributed by atoms with Crippen molar-refractivity contribution in [3.05, 3.63) is 42.2 Å². The first kappa shape index (κ1) is 26.1. The van der Waals surface area contributed by atoms with Crippen LogP contribution in [0.15, 0.2) is 30.6 Å². The lowest BCUT2D eigenvalue weighted by Crippen LogP contribution is -2.50. The number of piperidine rings is 1. The first-order chi connectivity index (χ1) is 18.3. The summed E-state index contributed by atoms with van der Waals surface area (Å²) >= 11 is 0. The monoisotopic (exact) mass is 549 g/mol. The summed E-state index contributed by atoms with van der Waals surface area (Å²) in [6.07, 6.45) is 2.07. The van der Waals surface area contributed by atoms with Crippen molar-refractivity contribution >= 4 is 21.9 Å². The van der Waals surface area contributed by atoms with Gasteiger partial charge in [0, 0.05) is 19.7 Å². The van der Waals surface area contributed by atoms with E-state index in [4.69, 9.17) is 14.2 Å². The van der Waals surface area contributed by atoms with E-state index in [1.54, 1.807) is 18.2 Å². The summed E-state index contributed by atoms with van der Waals surface area (Å²) in [4.78, 5) is 9.35. The molecule has 15 heteroatoms. The molecule has 2 fully saturated rings. The molecule has 0 spiro atoms. The van der Waals surface area contributed by atoms with E-state index in [9.17, 15) is 17.9 Å². The van der Waals surface area contributed by atoms with Crippen molar-refractivity contribution in [1.29, 1.82) is 0 Å². The number of hydrogen-bond donors (Lipinski definition) is 2. The Balaban J connectivity index is 1.51. The summed E-state index contributed by atoms with van der Waals surface area (Å²) in [6.45, 7) is 0.626. The topological polar surface area (TPSA) is 154 Å². The van der Waals surface area contributed by atoms with Crippen LogP contribution >= 0.6 is 0 Å². The fourth-order valence-corrected chi connectivity index (χ4v) is 6.12. The highest BCUT2D eigenvalue weighted by Gasteiger charge is 2.38. The maximum absolute atomic E-state index is 13.6. The molecule has 0 saturated carbocycles. The normalized spacial score (nSPS) is 21.9. The number of β-amino-alcohol motifs (C(OH)–C–C–N with tert-alkyl or cyclic N) is 1. The van der Waals surface area contributed by atoms with E-state index in [1.165, 1.54) is 23.7 Å². The predicted octanol–water partition coefficient (Wildman–Crippen LogP) is 1.45. The number of anilines is 2. The standard InChI is InChI=1S/C23H28FN7O6S/c1-35-17-5-3-6-18(36-2)20(17)31-21(19-7-4-8-37-19)27-28-23(31)29-38(33,34)16-9-15(32)12-30(13-16)22-25-10-14(24)11-26-22/h3,5-6,10-11,15-16,19,32H,4,7-9,12-13H2,1-2H3,(H,28,29)/t15-,16+,19+/m1/s1. The number of methoxy groups -OCH3 is 2. The third-order valence-corrected chi connectivity index (χ3v) is 8.17. The maximum Gasteiger partial charge on any atom is 0.243 e. The molecule has 2 aliphatic heterocycles. The molecule has 0 aliphatic carbocycles. The Bertz CT molecular complexity index is 1360. The van der Waals surface area contributed by atoms with Crippen molar-refractivity contribution in [2.45, 2.75) is 36.7 Å². The molecule has 4 heterocycles. The van der Waals surface area contributed by atoms with Crippen LogP contribution in [0.3, 0.4) is 0 Å². The Morgan fingerprint density at radius 3 is 2.47 bits per heavy atom. The highest BCUT2D eigenvalue weighted by Crippen LogP contribution is 2.39. The first-order valence-electron chi connectivity index (χ1n) is 12.0. The number of ether oxygens (including phenoxy) is 3. The zero-order valence-corrected chi connectivity index (χ0v) is 21.6.